The van der Waals surface area contributed by atoms with Gasteiger partial charge in [-0.25, -0.2) is 4.98 Å². The van der Waals surface area contributed by atoms with Crippen molar-refractivity contribution in [3.05, 3.63) is 95.1 Å². The van der Waals surface area contributed by atoms with Crippen molar-refractivity contribution in [3.8, 4) is 11.3 Å². The number of rotatable bonds is 8. The fourth-order valence-corrected chi connectivity index (χ4v) is 7.20. The highest BCUT2D eigenvalue weighted by molar-refractivity contribution is 7.84. The molecule has 47 heavy (non-hydrogen) atoms. The fourth-order valence-electron chi connectivity index (χ4n) is 6.66. The van der Waals surface area contributed by atoms with Crippen LogP contribution in [-0.4, -0.2) is 76.6 Å². The molecule has 2 saturated heterocycles. The second-order valence-corrected chi connectivity index (χ2v) is 13.7. The highest BCUT2D eigenvalue weighted by atomic mass is 32.2. The molecule has 0 aliphatic carbocycles. The number of nitrogens with zero attached hydrogens (tertiary/aromatic N) is 3. The monoisotopic (exact) mass is 664 g/mol. The Hall–Kier alpha value is -3.64. The van der Waals surface area contributed by atoms with Crippen molar-refractivity contribution in [2.45, 2.75) is 49.5 Å². The van der Waals surface area contributed by atoms with Crippen molar-refractivity contribution in [1.82, 2.24) is 20.1 Å². The predicted octanol–water partition coefficient (Wildman–Crippen LogP) is 6.45. The smallest absolute Gasteiger partial charge is 0.379 e. The molecule has 248 valence electrons. The van der Waals surface area contributed by atoms with Crippen LogP contribution >= 0.6 is 0 Å². The SMILES string of the molecule is C[C@H](NC(=O)c1c(CN2CCC(N3CCOCC3)CC2)c(-c2cccc(C(F)(F)F)c2)nc2ccc(S(C)=O)cc12)c1ccccc1. The molecule has 3 heterocycles. The Balaban J connectivity index is 1.46. The molecule has 1 N–H and O–H groups in total. The van der Waals surface area contributed by atoms with E-state index in [1.807, 2.05) is 37.3 Å². The van der Waals surface area contributed by atoms with E-state index < -0.39 is 22.5 Å². The van der Waals surface area contributed by atoms with Gasteiger partial charge >= 0.3 is 6.18 Å². The number of carbonyl (C=O) groups excluding carboxylic acids is 1. The summed E-state index contributed by atoms with van der Waals surface area (Å²) in [6.45, 7) is 7.03. The third kappa shape index (κ3) is 7.59. The molecular formula is C36H39F3N4O3S. The molecule has 1 aromatic heterocycles. The molecule has 2 atom stereocenters. The van der Waals surface area contributed by atoms with E-state index in [0.717, 1.165) is 69.9 Å². The summed E-state index contributed by atoms with van der Waals surface area (Å²) in [5, 5.41) is 3.65. The van der Waals surface area contributed by atoms with Gasteiger partial charge in [0.15, 0.2) is 0 Å². The maximum absolute atomic E-state index is 14.4. The highest BCUT2D eigenvalue weighted by Gasteiger charge is 2.32. The van der Waals surface area contributed by atoms with Gasteiger partial charge in [-0.3, -0.25) is 18.8 Å². The van der Waals surface area contributed by atoms with Gasteiger partial charge in [-0.05, 0) is 68.8 Å². The number of likely N-dealkylation sites (tertiary alicyclic amines) is 1. The third-order valence-corrected chi connectivity index (χ3v) is 10.1. The number of amides is 1. The maximum atomic E-state index is 14.4. The van der Waals surface area contributed by atoms with Crippen molar-refractivity contribution >= 4 is 27.6 Å². The lowest BCUT2D eigenvalue weighted by molar-refractivity contribution is -0.137. The first-order valence-electron chi connectivity index (χ1n) is 16.0. The predicted molar refractivity (Wildman–Crippen MR) is 178 cm³/mol. The molecule has 0 saturated carbocycles. The normalized spacial score (nSPS) is 18.2. The fraction of sp³-hybridized carbons (Fsp3) is 0.389. The van der Waals surface area contributed by atoms with E-state index in [0.29, 0.717) is 45.2 Å². The van der Waals surface area contributed by atoms with Crippen LogP contribution in [-0.2, 0) is 28.3 Å². The minimum Gasteiger partial charge on any atom is -0.379 e. The zero-order valence-electron chi connectivity index (χ0n) is 26.6. The molecule has 2 fully saturated rings. The number of ether oxygens (including phenoxy) is 1. The maximum Gasteiger partial charge on any atom is 0.416 e. The quantitative estimate of drug-likeness (QED) is 0.234. The number of fused-ring (bicyclic) bond motifs is 1. The van der Waals surface area contributed by atoms with Gasteiger partial charge in [-0.15, -0.1) is 0 Å². The molecule has 7 nitrogen and oxygen atoms in total. The summed E-state index contributed by atoms with van der Waals surface area (Å²) < 4.78 is 59.8. The standard InChI is InChI=1S/C36H39F3N4O3S/c1-24(25-7-4-3-5-8-25)40-35(44)33-30-22-29(47(2)45)11-12-32(30)41-34(26-9-6-10-27(21-26)36(37,38)39)31(33)23-42-15-13-28(14-16-42)43-17-19-46-20-18-43/h3-12,21-22,24,28H,13-20,23H2,1-2H3,(H,40,44)/t24-,47?/m0/s1. The van der Waals surface area contributed by atoms with Crippen LogP contribution in [0.1, 0.15) is 52.9 Å². The number of benzene rings is 3. The minimum absolute atomic E-state index is 0.285. The van der Waals surface area contributed by atoms with E-state index >= 15 is 0 Å². The summed E-state index contributed by atoms with van der Waals surface area (Å²) in [7, 11) is -1.33. The molecule has 0 bridgehead atoms. The molecule has 4 aromatic rings. The first kappa shape index (κ1) is 33.3. The van der Waals surface area contributed by atoms with Crippen molar-refractivity contribution in [3.63, 3.8) is 0 Å². The zero-order chi connectivity index (χ0) is 33.1. The molecule has 2 aliphatic rings. The average Bonchev–Trinajstić information content (AvgIpc) is 3.08. The Morgan fingerprint density at radius 3 is 2.40 bits per heavy atom. The Labute approximate surface area is 275 Å². The molecular weight excluding hydrogens is 625 g/mol. The van der Waals surface area contributed by atoms with Gasteiger partial charge in [0.1, 0.15) is 0 Å². The molecule has 1 amide bonds. The molecule has 1 unspecified atom stereocenters. The second-order valence-electron chi connectivity index (χ2n) is 12.3. The van der Waals surface area contributed by atoms with E-state index in [1.165, 1.54) is 6.07 Å². The summed E-state index contributed by atoms with van der Waals surface area (Å²) in [6, 6.07) is 19.9. The van der Waals surface area contributed by atoms with E-state index in [-0.39, 0.29) is 17.5 Å². The number of pyridine rings is 1. The van der Waals surface area contributed by atoms with Crippen molar-refractivity contribution < 1.29 is 26.9 Å². The van der Waals surface area contributed by atoms with Gasteiger partial charge in [0, 0.05) is 64.1 Å². The van der Waals surface area contributed by atoms with Crippen LogP contribution in [0.25, 0.3) is 22.2 Å². The van der Waals surface area contributed by atoms with Gasteiger partial charge < -0.3 is 10.1 Å². The lowest BCUT2D eigenvalue weighted by Crippen LogP contribution is -2.48. The number of hydrogen-bond acceptors (Lipinski definition) is 6. The first-order chi connectivity index (χ1) is 22.6. The summed E-state index contributed by atoms with van der Waals surface area (Å²) in [5.74, 6) is -0.362. The number of carbonyl (C=O) groups is 1. The molecule has 6 rings (SSSR count). The largest absolute Gasteiger partial charge is 0.416 e. The minimum atomic E-state index is -4.54. The van der Waals surface area contributed by atoms with Crippen LogP contribution in [0.5, 0.6) is 0 Å². The van der Waals surface area contributed by atoms with Crippen molar-refractivity contribution in [1.29, 1.82) is 0 Å². The topological polar surface area (TPSA) is 74.8 Å². The number of aromatic nitrogens is 1. The summed E-state index contributed by atoms with van der Waals surface area (Å²) in [6.07, 6.45) is -1.10. The van der Waals surface area contributed by atoms with Crippen LogP contribution in [0.4, 0.5) is 13.2 Å². The molecule has 11 heteroatoms. The number of hydrogen-bond donors (Lipinski definition) is 1. The second kappa shape index (κ2) is 14.2. The van der Waals surface area contributed by atoms with Gasteiger partial charge in [0.2, 0.25) is 0 Å². The number of piperidine rings is 1. The summed E-state index contributed by atoms with van der Waals surface area (Å²) in [5.41, 5.74) is 2.09. The third-order valence-electron chi connectivity index (χ3n) is 9.23. The van der Waals surface area contributed by atoms with Gasteiger partial charge in [0.05, 0.1) is 41.6 Å². The van der Waals surface area contributed by atoms with Crippen LogP contribution < -0.4 is 5.32 Å². The first-order valence-corrected chi connectivity index (χ1v) is 17.5. The molecule has 3 aromatic carbocycles. The lowest BCUT2D eigenvalue weighted by atomic mass is 9.93. The highest BCUT2D eigenvalue weighted by Crippen LogP contribution is 2.37. The van der Waals surface area contributed by atoms with E-state index in [2.05, 4.69) is 15.1 Å². The zero-order valence-corrected chi connectivity index (χ0v) is 27.4. The summed E-state index contributed by atoms with van der Waals surface area (Å²) >= 11 is 0. The van der Waals surface area contributed by atoms with E-state index in [9.17, 15) is 22.2 Å². The Bertz CT molecular complexity index is 1750. The van der Waals surface area contributed by atoms with E-state index in [1.54, 1.807) is 30.5 Å². The Morgan fingerprint density at radius 2 is 1.72 bits per heavy atom. The Kier molecular flexibility index (Phi) is 10.1. The van der Waals surface area contributed by atoms with Crippen molar-refractivity contribution in [2.24, 2.45) is 0 Å². The van der Waals surface area contributed by atoms with Crippen LogP contribution in [0, 0.1) is 0 Å². The van der Waals surface area contributed by atoms with Crippen molar-refractivity contribution in [2.75, 3.05) is 45.6 Å². The average molecular weight is 665 g/mol. The van der Waals surface area contributed by atoms with Crippen LogP contribution in [0.15, 0.2) is 77.7 Å². The van der Waals surface area contributed by atoms with Crippen LogP contribution in [0.3, 0.4) is 0 Å². The van der Waals surface area contributed by atoms with Gasteiger partial charge in [-0.1, -0.05) is 42.5 Å². The van der Waals surface area contributed by atoms with Gasteiger partial charge in [-0.2, -0.15) is 13.2 Å². The van der Waals surface area contributed by atoms with E-state index in [4.69, 9.17) is 9.72 Å². The number of alkyl halides is 3. The number of nitrogens with one attached hydrogen (secondary N) is 1. The van der Waals surface area contributed by atoms with Crippen LogP contribution in [0.2, 0.25) is 0 Å². The lowest BCUT2D eigenvalue weighted by Gasteiger charge is -2.40. The molecule has 0 spiro atoms. The molecule has 2 aliphatic heterocycles. The Morgan fingerprint density at radius 1 is 1.00 bits per heavy atom. The summed E-state index contributed by atoms with van der Waals surface area (Å²) in [4.78, 5) is 24.6. The van der Waals surface area contributed by atoms with Gasteiger partial charge in [0.25, 0.3) is 5.91 Å². The number of halogens is 3. The molecule has 0 radical (unpaired) electrons. The number of morpholine rings is 1.